The van der Waals surface area contributed by atoms with Gasteiger partial charge in [-0.05, 0) is 17.9 Å². The average molecular weight is 270 g/mol. The first-order valence-corrected chi connectivity index (χ1v) is 6.67. The van der Waals surface area contributed by atoms with Gasteiger partial charge in [0.1, 0.15) is 11.4 Å². The molecule has 0 aliphatic rings. The number of rotatable bonds is 4. The van der Waals surface area contributed by atoms with Crippen molar-refractivity contribution in [1.82, 2.24) is 4.98 Å². The van der Waals surface area contributed by atoms with Crippen LogP contribution >= 0.6 is 23.4 Å². The van der Waals surface area contributed by atoms with Crippen molar-refractivity contribution in [1.29, 1.82) is 0 Å². The second kappa shape index (κ2) is 5.42. The normalized spacial score (nSPS) is 12.2. The van der Waals surface area contributed by atoms with Gasteiger partial charge in [-0.3, -0.25) is 0 Å². The fourth-order valence-electron chi connectivity index (χ4n) is 1.34. The molecular formula is C11H12ClN3OS. The Labute approximate surface area is 108 Å². The Balaban J connectivity index is 2.36. The summed E-state index contributed by atoms with van der Waals surface area (Å²) in [6, 6.07) is 5.50. The van der Waals surface area contributed by atoms with E-state index in [-0.39, 0.29) is 5.88 Å². The molecule has 0 unspecified atom stereocenters. The van der Waals surface area contributed by atoms with E-state index in [0.29, 0.717) is 16.6 Å². The molecule has 6 heteroatoms. The topological polar surface area (TPSA) is 64.4 Å². The van der Waals surface area contributed by atoms with Crippen LogP contribution in [0.25, 0.3) is 11.1 Å². The lowest BCUT2D eigenvalue weighted by Gasteiger charge is -1.95. The second-order valence-electron chi connectivity index (χ2n) is 3.30. The van der Waals surface area contributed by atoms with Gasteiger partial charge in [-0.1, -0.05) is 18.7 Å². The van der Waals surface area contributed by atoms with Crippen LogP contribution in [0.5, 0.6) is 0 Å². The van der Waals surface area contributed by atoms with Crippen molar-refractivity contribution >= 4 is 46.0 Å². The summed E-state index contributed by atoms with van der Waals surface area (Å²) >= 11 is 7.14. The Bertz CT molecular complexity index is 553. The van der Waals surface area contributed by atoms with Crippen LogP contribution in [0.2, 0.25) is 0 Å². The summed E-state index contributed by atoms with van der Waals surface area (Å²) in [6.07, 6.45) is 0. The van der Waals surface area contributed by atoms with E-state index in [4.69, 9.17) is 21.8 Å². The lowest BCUT2D eigenvalue weighted by molar-refractivity contribution is 0.490. The predicted octanol–water partition coefficient (Wildman–Crippen LogP) is 3.17. The van der Waals surface area contributed by atoms with Crippen molar-refractivity contribution in [3.63, 3.8) is 0 Å². The monoisotopic (exact) mass is 269 g/mol. The third kappa shape index (κ3) is 2.92. The number of hydrogen-bond acceptors (Lipinski definition) is 4. The molecule has 0 saturated heterocycles. The average Bonchev–Trinajstić information content (AvgIpc) is 2.71. The molecule has 2 N–H and O–H groups in total. The lowest BCUT2D eigenvalue weighted by Crippen LogP contribution is -2.12. The molecule has 1 aromatic carbocycles. The van der Waals surface area contributed by atoms with Crippen molar-refractivity contribution < 1.29 is 4.42 Å². The van der Waals surface area contributed by atoms with E-state index < -0.39 is 0 Å². The Morgan fingerprint density at radius 3 is 3.12 bits per heavy atom. The molecular weight excluding hydrogens is 258 g/mol. The maximum atomic E-state index is 5.57. The van der Waals surface area contributed by atoms with Gasteiger partial charge in [0.05, 0.1) is 11.6 Å². The van der Waals surface area contributed by atoms with Crippen molar-refractivity contribution in [2.45, 2.75) is 12.1 Å². The molecule has 17 heavy (non-hydrogen) atoms. The molecule has 0 aliphatic carbocycles. The molecule has 0 bridgehead atoms. The first-order chi connectivity index (χ1) is 8.22. The maximum Gasteiger partial charge on any atom is 0.256 e. The minimum absolute atomic E-state index is 0.214. The second-order valence-corrected chi connectivity index (χ2v) is 4.78. The van der Waals surface area contributed by atoms with Crippen LogP contribution in [-0.2, 0) is 0 Å². The first kappa shape index (κ1) is 12.3. The van der Waals surface area contributed by atoms with Crippen LogP contribution in [0.1, 0.15) is 6.92 Å². The molecule has 2 rings (SSSR count). The largest absolute Gasteiger partial charge is 0.431 e. The molecule has 0 fully saturated rings. The summed E-state index contributed by atoms with van der Waals surface area (Å²) in [7, 11) is 0. The lowest BCUT2D eigenvalue weighted by atomic mass is 10.3. The molecule has 1 heterocycles. The molecule has 1 aromatic heterocycles. The van der Waals surface area contributed by atoms with Crippen molar-refractivity contribution in [2.24, 2.45) is 10.7 Å². The van der Waals surface area contributed by atoms with Gasteiger partial charge in [-0.25, -0.2) is 9.98 Å². The highest BCUT2D eigenvalue weighted by molar-refractivity contribution is 7.99. The van der Waals surface area contributed by atoms with E-state index in [1.54, 1.807) is 11.8 Å². The number of aromatic nitrogens is 1. The number of aliphatic imine (C=N–C) groups is 1. The van der Waals surface area contributed by atoms with E-state index in [2.05, 4.69) is 16.9 Å². The van der Waals surface area contributed by atoms with Crippen LogP contribution < -0.4 is 5.73 Å². The van der Waals surface area contributed by atoms with E-state index in [9.17, 15) is 0 Å². The fourth-order valence-corrected chi connectivity index (χ4v) is 1.96. The molecule has 0 spiro atoms. The van der Waals surface area contributed by atoms with E-state index in [1.807, 2.05) is 18.2 Å². The van der Waals surface area contributed by atoms with E-state index >= 15 is 0 Å². The van der Waals surface area contributed by atoms with Gasteiger partial charge in [0.2, 0.25) is 0 Å². The maximum absolute atomic E-state index is 5.57. The first-order valence-electron chi connectivity index (χ1n) is 5.15. The number of benzene rings is 1. The minimum atomic E-state index is 0.214. The number of nitrogens with two attached hydrogens (primary N) is 1. The van der Waals surface area contributed by atoms with Crippen LogP contribution in [0.4, 0.5) is 5.69 Å². The molecule has 4 nitrogen and oxygen atoms in total. The smallest absolute Gasteiger partial charge is 0.256 e. The number of halogens is 1. The summed E-state index contributed by atoms with van der Waals surface area (Å²) in [4.78, 5) is 8.48. The summed E-state index contributed by atoms with van der Waals surface area (Å²) < 4.78 is 5.57. The zero-order chi connectivity index (χ0) is 12.3. The predicted molar refractivity (Wildman–Crippen MR) is 72.4 cm³/mol. The van der Waals surface area contributed by atoms with E-state index in [1.165, 1.54) is 0 Å². The highest BCUT2D eigenvalue weighted by Crippen LogP contribution is 2.26. The van der Waals surface area contributed by atoms with Crippen molar-refractivity contribution in [2.75, 3.05) is 11.6 Å². The standard InChI is InChI=1S/C11H12ClN3OS/c1-2-17-11-15-8-4-3-7(5-9(8)16-11)14-10(13)6-12/h3-5H,2,6H2,1H3,(H2,13,14). The third-order valence-corrected chi connectivity index (χ3v) is 3.01. The number of oxazole rings is 1. The number of amidine groups is 1. The third-order valence-electron chi connectivity index (χ3n) is 2.03. The van der Waals surface area contributed by atoms with Crippen molar-refractivity contribution in [3.8, 4) is 0 Å². The molecule has 0 saturated carbocycles. The van der Waals surface area contributed by atoms with Gasteiger partial charge in [-0.15, -0.1) is 11.6 Å². The van der Waals surface area contributed by atoms with Crippen LogP contribution in [0.3, 0.4) is 0 Å². The molecule has 0 amide bonds. The van der Waals surface area contributed by atoms with Gasteiger partial charge in [-0.2, -0.15) is 0 Å². The zero-order valence-electron chi connectivity index (χ0n) is 9.31. The van der Waals surface area contributed by atoms with Crippen LogP contribution in [0, 0.1) is 0 Å². The highest BCUT2D eigenvalue weighted by atomic mass is 35.5. The number of alkyl halides is 1. The Hall–Kier alpha value is -1.20. The number of hydrogen-bond donors (Lipinski definition) is 1. The van der Waals surface area contributed by atoms with Crippen LogP contribution in [0.15, 0.2) is 32.8 Å². The van der Waals surface area contributed by atoms with Gasteiger partial charge in [0.25, 0.3) is 5.22 Å². The summed E-state index contributed by atoms with van der Waals surface area (Å²) in [5, 5.41) is 0.675. The van der Waals surface area contributed by atoms with Gasteiger partial charge >= 0.3 is 0 Å². The Morgan fingerprint density at radius 2 is 2.41 bits per heavy atom. The summed E-state index contributed by atoms with van der Waals surface area (Å²) in [5.74, 6) is 1.52. The molecule has 0 aliphatic heterocycles. The fraction of sp³-hybridized carbons (Fsp3) is 0.273. The minimum Gasteiger partial charge on any atom is -0.431 e. The number of thioether (sulfide) groups is 1. The summed E-state index contributed by atoms with van der Waals surface area (Å²) in [6.45, 7) is 2.05. The number of fused-ring (bicyclic) bond motifs is 1. The number of nitrogens with zero attached hydrogens (tertiary/aromatic N) is 2. The molecule has 0 atom stereocenters. The zero-order valence-corrected chi connectivity index (χ0v) is 10.9. The molecule has 0 radical (unpaired) electrons. The van der Waals surface area contributed by atoms with Gasteiger partial charge in [0, 0.05) is 6.07 Å². The quantitative estimate of drug-likeness (QED) is 0.401. The summed E-state index contributed by atoms with van der Waals surface area (Å²) in [5.41, 5.74) is 7.83. The Morgan fingerprint density at radius 1 is 1.59 bits per heavy atom. The SMILES string of the molecule is CCSc1nc2ccc(N=C(N)CCl)cc2o1. The van der Waals surface area contributed by atoms with E-state index in [0.717, 1.165) is 17.0 Å². The highest BCUT2D eigenvalue weighted by Gasteiger charge is 2.06. The van der Waals surface area contributed by atoms with Gasteiger partial charge < -0.3 is 10.2 Å². The van der Waals surface area contributed by atoms with Crippen LogP contribution in [-0.4, -0.2) is 22.5 Å². The Kier molecular flexibility index (Phi) is 3.91. The molecule has 90 valence electrons. The van der Waals surface area contributed by atoms with Gasteiger partial charge in [0.15, 0.2) is 5.58 Å². The molecule has 2 aromatic rings. The van der Waals surface area contributed by atoms with Crippen molar-refractivity contribution in [3.05, 3.63) is 18.2 Å².